The third kappa shape index (κ3) is 12.4. The molecule has 15 rings (SSSR count). The fourth-order valence-corrected chi connectivity index (χ4v) is 11.9. The number of amidine groups is 3. The van der Waals surface area contributed by atoms with Gasteiger partial charge in [-0.05, 0) is 103 Å². The van der Waals surface area contributed by atoms with Crippen molar-refractivity contribution in [3.05, 3.63) is 269 Å². The molecular formula is C78H75Ir3N9-6. The van der Waals surface area contributed by atoms with Crippen molar-refractivity contribution in [3.8, 4) is 33.4 Å². The molecule has 0 spiro atoms. The first-order chi connectivity index (χ1) is 41.7. The first-order valence-corrected chi connectivity index (χ1v) is 30.5. The maximum absolute atomic E-state index is 4.98. The van der Waals surface area contributed by atoms with E-state index in [-0.39, 0.29) is 71.1 Å². The Morgan fingerprint density at radius 3 is 1.29 bits per heavy atom. The van der Waals surface area contributed by atoms with Gasteiger partial charge in [-0.15, -0.1) is 42.3 Å². The molecule has 0 amide bonds. The minimum atomic E-state index is 0. The predicted molar refractivity (Wildman–Crippen MR) is 363 cm³/mol. The van der Waals surface area contributed by atoms with E-state index >= 15 is 0 Å². The van der Waals surface area contributed by atoms with Crippen molar-refractivity contribution in [2.45, 2.75) is 120 Å². The van der Waals surface area contributed by atoms with E-state index in [4.69, 9.17) is 15.3 Å². The number of nitrogens with zero attached hydrogens (tertiary/aromatic N) is 9. The average molecular weight is 1720 g/mol. The molecule has 3 radical (unpaired) electrons. The Balaban J connectivity index is 0.000000146. The number of para-hydroxylation sites is 2. The fourth-order valence-electron chi connectivity index (χ4n) is 11.9. The monoisotopic (exact) mass is 1720 g/mol. The van der Waals surface area contributed by atoms with Crippen LogP contribution >= 0.6 is 0 Å². The zero-order valence-corrected chi connectivity index (χ0v) is 60.8. The van der Waals surface area contributed by atoms with Gasteiger partial charge >= 0.3 is 0 Å². The van der Waals surface area contributed by atoms with Gasteiger partial charge < -0.3 is 29.7 Å². The predicted octanol–water partition coefficient (Wildman–Crippen LogP) is 18.9. The second-order valence-electron chi connectivity index (χ2n) is 26.4. The zero-order chi connectivity index (χ0) is 60.8. The van der Waals surface area contributed by atoms with Gasteiger partial charge in [-0.3, -0.25) is 0 Å². The molecular weight excluding hydrogens is 1640 g/mol. The van der Waals surface area contributed by atoms with Crippen molar-refractivity contribution in [3.63, 3.8) is 0 Å². The molecule has 0 saturated carbocycles. The van der Waals surface area contributed by atoms with Crippen molar-refractivity contribution in [2.75, 3.05) is 29.7 Å². The van der Waals surface area contributed by atoms with Crippen LogP contribution in [0, 0.1) is 65.9 Å². The summed E-state index contributed by atoms with van der Waals surface area (Å²) in [4.78, 5) is 6.51. The first-order valence-electron chi connectivity index (χ1n) is 30.5. The van der Waals surface area contributed by atoms with Crippen LogP contribution in [0.2, 0.25) is 0 Å². The topological polar surface area (TPSA) is 56.5 Å². The fraction of sp³-hybridized carbons (Fsp3) is 0.231. The molecule has 465 valence electrons. The van der Waals surface area contributed by atoms with E-state index in [0.717, 1.165) is 57.2 Å². The van der Waals surface area contributed by atoms with Crippen LogP contribution in [-0.4, -0.2) is 17.5 Å². The summed E-state index contributed by atoms with van der Waals surface area (Å²) in [5, 5.41) is 20.8. The van der Waals surface area contributed by atoms with Gasteiger partial charge in [0, 0.05) is 94.1 Å². The van der Waals surface area contributed by atoms with Gasteiger partial charge in [-0.25, -0.2) is 0 Å². The quantitative estimate of drug-likeness (QED) is 0.160. The Morgan fingerprint density at radius 1 is 0.356 bits per heavy atom. The number of benzene rings is 9. The summed E-state index contributed by atoms with van der Waals surface area (Å²) in [6, 6.07) is 71.0. The van der Waals surface area contributed by atoms with E-state index in [2.05, 4.69) is 277 Å². The molecule has 0 unspecified atom stereocenters. The molecule has 9 aromatic carbocycles. The van der Waals surface area contributed by atoms with Crippen LogP contribution in [0.25, 0.3) is 33.4 Å². The maximum atomic E-state index is 4.98. The molecule has 9 nitrogen and oxygen atoms in total. The second-order valence-corrected chi connectivity index (χ2v) is 26.4. The molecule has 0 aromatic heterocycles. The summed E-state index contributed by atoms with van der Waals surface area (Å²) in [7, 11) is 0. The van der Waals surface area contributed by atoms with Crippen LogP contribution in [0.5, 0.6) is 0 Å². The van der Waals surface area contributed by atoms with E-state index in [9.17, 15) is 0 Å². The maximum Gasteiger partial charge on any atom is 0.127 e. The third-order valence-electron chi connectivity index (χ3n) is 17.3. The average Bonchev–Trinajstić information content (AvgIpc) is 1.47. The third-order valence-corrected chi connectivity index (χ3v) is 17.3. The summed E-state index contributed by atoms with van der Waals surface area (Å²) in [6.07, 6.45) is 0. The van der Waals surface area contributed by atoms with Crippen molar-refractivity contribution in [1.82, 2.24) is 0 Å². The molecule has 12 heteroatoms. The minimum Gasteiger partial charge on any atom is -0.476 e. The van der Waals surface area contributed by atoms with Gasteiger partial charge in [0.1, 0.15) is 17.5 Å². The standard InChI is InChI=1S/C28H29N3.C26H25N3.C24H21N3.3Ir/c1-27(2,3)19-12-14-22-23(16-19)24-17-20(28(4,5)6)13-15-25(24)30-18-31(29-26(22)30)21-10-8-7-9-11-21;1-17(2)19-10-12-22-23-14-20(18(3)4)11-13-25(23)28-16-29(21-8-6-5-7-9-21)27-26(28)24(22)15-19;1-15-5-8-19(9-6-15)27-14-26-23-10-7-16(2)11-21(23)20-12-17(3)18(4)13-22(20)24(26)25-27;;;/h7-14,16-18H,1-6H3;5-12,14-18H,1-4H3;5-9,11-14H,1-4H3;;;/q3*-2;;;. The Morgan fingerprint density at radius 2 is 0.767 bits per heavy atom. The number of aryl methyl sites for hydroxylation is 4. The zero-order valence-electron chi connectivity index (χ0n) is 53.6. The molecule has 6 aliphatic heterocycles. The Bertz CT molecular complexity index is 4250. The molecule has 0 atom stereocenters. The number of hydrazone groups is 3. The molecule has 0 N–H and O–H groups in total. The Hall–Kier alpha value is -7.26. The van der Waals surface area contributed by atoms with Gasteiger partial charge in [-0.1, -0.05) is 212 Å². The Labute approximate surface area is 574 Å². The second kappa shape index (κ2) is 25.8. The van der Waals surface area contributed by atoms with Crippen molar-refractivity contribution in [1.29, 1.82) is 0 Å². The molecule has 6 heterocycles. The van der Waals surface area contributed by atoms with Crippen LogP contribution in [0.1, 0.15) is 142 Å². The van der Waals surface area contributed by atoms with Crippen molar-refractivity contribution in [2.24, 2.45) is 15.3 Å². The number of anilines is 6. The molecule has 9 aromatic rings. The molecule has 0 saturated heterocycles. The summed E-state index contributed by atoms with van der Waals surface area (Å²) >= 11 is 0. The van der Waals surface area contributed by atoms with Crippen LogP contribution in [0.15, 0.2) is 185 Å². The largest absolute Gasteiger partial charge is 0.476 e. The van der Waals surface area contributed by atoms with E-state index in [0.29, 0.717) is 11.8 Å². The van der Waals surface area contributed by atoms with Gasteiger partial charge in [0.05, 0.1) is 0 Å². The van der Waals surface area contributed by atoms with E-state index in [1.54, 1.807) is 0 Å². The number of hydrogen-bond acceptors (Lipinski definition) is 9. The van der Waals surface area contributed by atoms with Gasteiger partial charge in [0.2, 0.25) is 0 Å². The van der Waals surface area contributed by atoms with Crippen LogP contribution in [-0.2, 0) is 71.1 Å². The van der Waals surface area contributed by atoms with Gasteiger partial charge in [0.25, 0.3) is 0 Å². The first kappa shape index (κ1) is 65.7. The summed E-state index contributed by atoms with van der Waals surface area (Å²) in [5.74, 6) is 3.81. The number of fused-ring (bicyclic) bond motifs is 18. The van der Waals surface area contributed by atoms with Crippen LogP contribution in [0.3, 0.4) is 0 Å². The SMILES string of the molecule is CC(C)(C)c1c[c-]c2c(c1)-c1cc(C(C)(C)C)ccc1C1=NN(c3ccccc3)[CH-]N12.CC(C)c1ccc2c(c1)C1=NN(c3ccccc3)[CH-]N1c1[c-]cc(C(C)C)cc1-2.Cc1ccc(N2[CH-]N3C(=N2)c2cc(C)c(C)cc2-c2cc(C)c[c-]c23)cc1.[Ir].[Ir].[Ir]. The van der Waals surface area contributed by atoms with Crippen LogP contribution in [0.4, 0.5) is 34.1 Å². The van der Waals surface area contributed by atoms with Crippen molar-refractivity contribution >= 4 is 51.6 Å². The summed E-state index contributed by atoms with van der Waals surface area (Å²) in [6.45, 7) is 37.2. The van der Waals surface area contributed by atoms with E-state index in [1.165, 1.54) is 89.0 Å². The molecule has 0 aliphatic carbocycles. The molecule has 0 bridgehead atoms. The minimum absolute atomic E-state index is 0. The molecule has 90 heavy (non-hydrogen) atoms. The number of hydrogen-bond donors (Lipinski definition) is 0. The van der Waals surface area contributed by atoms with Crippen LogP contribution < -0.4 is 29.7 Å². The van der Waals surface area contributed by atoms with E-state index in [1.807, 2.05) is 57.5 Å². The van der Waals surface area contributed by atoms with E-state index < -0.39 is 0 Å². The molecule has 6 aliphatic rings. The normalized spacial score (nSPS) is 14.4. The van der Waals surface area contributed by atoms with Crippen molar-refractivity contribution < 1.29 is 60.3 Å². The number of rotatable bonds is 5. The van der Waals surface area contributed by atoms with Gasteiger partial charge in [-0.2, -0.15) is 81.0 Å². The summed E-state index contributed by atoms with van der Waals surface area (Å²) in [5.41, 5.74) is 27.7. The summed E-state index contributed by atoms with van der Waals surface area (Å²) < 4.78 is 0. The molecule has 0 fully saturated rings. The smallest absolute Gasteiger partial charge is 0.127 e. The Kier molecular flexibility index (Phi) is 18.8. The van der Waals surface area contributed by atoms with Gasteiger partial charge in [0.15, 0.2) is 0 Å².